The average Bonchev–Trinajstić information content (AvgIpc) is 3.97. The Morgan fingerprint density at radius 3 is 2.17 bits per heavy atom. The van der Waals surface area contributed by atoms with Crippen molar-refractivity contribution in [2.45, 2.75) is 77.8 Å². The van der Waals surface area contributed by atoms with Crippen LogP contribution in [0.1, 0.15) is 60.1 Å². The molecular weight excluding hydrogens is 719 g/mol. The number of carbonyl (C=O) groups is 3. The summed E-state index contributed by atoms with van der Waals surface area (Å²) in [6.07, 6.45) is 17.3. The van der Waals surface area contributed by atoms with E-state index >= 15 is 0 Å². The number of nitrogens with one attached hydrogen (secondary N) is 2. The van der Waals surface area contributed by atoms with Gasteiger partial charge in [-0.15, -0.1) is 22.7 Å². The van der Waals surface area contributed by atoms with E-state index in [1.807, 2.05) is 39.5 Å². The number of thiazole rings is 2. The number of aldehydes is 1. The first-order valence-electron chi connectivity index (χ1n) is 17.1. The minimum atomic E-state index is -0.101. The van der Waals surface area contributed by atoms with Crippen LogP contribution < -0.4 is 20.1 Å². The van der Waals surface area contributed by atoms with Gasteiger partial charge in [0.1, 0.15) is 46.9 Å². The van der Waals surface area contributed by atoms with Gasteiger partial charge in [-0.2, -0.15) is 0 Å². The molecule has 18 heteroatoms. The predicted molar refractivity (Wildman–Crippen MR) is 200 cm³/mol. The number of Topliss-reactive ketones (excluding diaryl/α,β-unsaturated/α-hetero) is 1. The van der Waals surface area contributed by atoms with Gasteiger partial charge in [0.25, 0.3) is 0 Å². The Bertz CT molecular complexity index is 2150. The third kappa shape index (κ3) is 10.7. The van der Waals surface area contributed by atoms with Crippen LogP contribution in [-0.2, 0) is 22.6 Å². The van der Waals surface area contributed by atoms with Crippen LogP contribution in [0.4, 0.5) is 5.13 Å². The standard InChI is InChI=1S/C17H20N6O2S.C11H14N4O.C7H7NO2S/c1-11-5-13(25-16-6-15-18-3-4-22(15)10-20-16)8-23(11)9-14-7-19-17(26-14)21-12(2)24;1-8-4-9(6-13-8)16-11-5-10-12-2-3-15(10)7-14-11;1-5(10)2-7-8-3-6(4-9)11-7/h3-4,6-7,10-11,13H,5,8-9H2,1-2H3,(H,19,21,24);2-3,5,7-9,13H,4,6H2,1H3;3-4H,2H2,1H3/t11-,13+;8-,9+;/m00./s1. The van der Waals surface area contributed by atoms with Gasteiger partial charge >= 0.3 is 0 Å². The summed E-state index contributed by atoms with van der Waals surface area (Å²) >= 11 is 2.77. The van der Waals surface area contributed by atoms with Crippen LogP contribution >= 0.6 is 22.7 Å². The zero-order valence-electron chi connectivity index (χ0n) is 29.8. The number of amides is 1. The molecule has 8 heterocycles. The van der Waals surface area contributed by atoms with E-state index in [1.165, 1.54) is 42.7 Å². The summed E-state index contributed by atoms with van der Waals surface area (Å²) in [6, 6.07) is 4.65. The summed E-state index contributed by atoms with van der Waals surface area (Å²) in [7, 11) is 0. The fraction of sp³-hybridized carbons (Fsp3) is 0.400. The molecule has 0 aliphatic carbocycles. The second-order valence-corrected chi connectivity index (χ2v) is 15.1. The molecule has 4 atom stereocenters. The summed E-state index contributed by atoms with van der Waals surface area (Å²) in [6.45, 7) is 9.87. The molecule has 0 saturated carbocycles. The Labute approximate surface area is 313 Å². The number of rotatable bonds is 10. The molecule has 0 spiro atoms. The Morgan fingerprint density at radius 1 is 0.906 bits per heavy atom. The lowest BCUT2D eigenvalue weighted by molar-refractivity contribution is -0.116. The van der Waals surface area contributed by atoms with Gasteiger partial charge in [-0.3, -0.25) is 28.1 Å². The van der Waals surface area contributed by atoms with Crippen molar-refractivity contribution in [1.29, 1.82) is 0 Å². The van der Waals surface area contributed by atoms with Gasteiger partial charge in [-0.1, -0.05) is 0 Å². The topological polar surface area (TPSA) is 183 Å². The van der Waals surface area contributed by atoms with Gasteiger partial charge in [0.2, 0.25) is 17.7 Å². The third-order valence-corrected chi connectivity index (χ3v) is 10.2. The van der Waals surface area contributed by atoms with Crippen LogP contribution in [0.3, 0.4) is 0 Å². The highest BCUT2D eigenvalue weighted by Crippen LogP contribution is 2.27. The predicted octanol–water partition coefficient (Wildman–Crippen LogP) is 4.13. The molecule has 0 bridgehead atoms. The van der Waals surface area contributed by atoms with Gasteiger partial charge in [-0.25, -0.2) is 29.9 Å². The Balaban J connectivity index is 0.000000151. The molecule has 2 N–H and O–H groups in total. The zero-order valence-corrected chi connectivity index (χ0v) is 31.4. The molecule has 2 aliphatic heterocycles. The minimum absolute atomic E-state index is 0.0665. The number of imidazole rings is 2. The molecule has 6 aromatic rings. The smallest absolute Gasteiger partial charge is 0.223 e. The molecule has 0 radical (unpaired) electrons. The van der Waals surface area contributed by atoms with Crippen molar-refractivity contribution in [2.75, 3.05) is 18.4 Å². The lowest BCUT2D eigenvalue weighted by Crippen LogP contribution is -2.27. The van der Waals surface area contributed by atoms with Crippen LogP contribution in [-0.4, -0.2) is 99.0 Å². The zero-order chi connectivity index (χ0) is 37.3. The van der Waals surface area contributed by atoms with E-state index in [1.54, 1.807) is 25.0 Å². The van der Waals surface area contributed by atoms with Gasteiger partial charge < -0.3 is 20.1 Å². The summed E-state index contributed by atoms with van der Waals surface area (Å²) < 4.78 is 15.6. The molecule has 1 amide bonds. The van der Waals surface area contributed by atoms with Gasteiger partial charge in [-0.05, 0) is 20.8 Å². The maximum atomic E-state index is 11.1. The van der Waals surface area contributed by atoms with E-state index in [-0.39, 0.29) is 23.9 Å². The Morgan fingerprint density at radius 2 is 1.58 bits per heavy atom. The largest absolute Gasteiger partial charge is 0.473 e. The Hall–Kier alpha value is -5.17. The fourth-order valence-electron chi connectivity index (χ4n) is 5.87. The van der Waals surface area contributed by atoms with Crippen LogP contribution in [0.25, 0.3) is 11.3 Å². The van der Waals surface area contributed by atoms with Crippen LogP contribution in [0.15, 0.2) is 62.0 Å². The monoisotopic (exact) mass is 759 g/mol. The van der Waals surface area contributed by atoms with Crippen molar-refractivity contribution >= 4 is 57.1 Å². The van der Waals surface area contributed by atoms with Crippen LogP contribution in [0, 0.1) is 0 Å². The van der Waals surface area contributed by atoms with Gasteiger partial charge in [0.15, 0.2) is 11.4 Å². The number of fused-ring (bicyclic) bond motifs is 2. The second-order valence-electron chi connectivity index (χ2n) is 12.8. The molecule has 0 unspecified atom stereocenters. The molecule has 53 heavy (non-hydrogen) atoms. The number of likely N-dealkylation sites (tertiary alicyclic amines) is 1. The third-order valence-electron chi connectivity index (χ3n) is 8.36. The lowest BCUT2D eigenvalue weighted by atomic mass is 10.2. The summed E-state index contributed by atoms with van der Waals surface area (Å²) in [5.41, 5.74) is 1.69. The summed E-state index contributed by atoms with van der Waals surface area (Å²) in [5.74, 6) is 1.22. The first kappa shape index (κ1) is 37.6. The van der Waals surface area contributed by atoms with Crippen molar-refractivity contribution in [2.24, 2.45) is 0 Å². The number of ketones is 1. The molecular formula is C35H41N11O5S2. The van der Waals surface area contributed by atoms with Gasteiger partial charge in [0, 0.05) is 106 Å². The fourth-order valence-corrected chi connectivity index (χ4v) is 7.56. The molecule has 2 fully saturated rings. The van der Waals surface area contributed by atoms with Crippen LogP contribution in [0.2, 0.25) is 0 Å². The number of hydrogen-bond donors (Lipinski definition) is 2. The van der Waals surface area contributed by atoms with Crippen LogP contribution in [0.5, 0.6) is 11.8 Å². The van der Waals surface area contributed by atoms with Crippen molar-refractivity contribution in [3.8, 4) is 11.8 Å². The van der Waals surface area contributed by atoms with Crippen molar-refractivity contribution < 1.29 is 23.9 Å². The number of nitrogens with zero attached hydrogens (tertiary/aromatic N) is 9. The normalized spacial score (nSPS) is 19.6. The highest BCUT2D eigenvalue weighted by atomic mass is 32.1. The second kappa shape index (κ2) is 17.6. The molecule has 2 saturated heterocycles. The van der Waals surface area contributed by atoms with E-state index in [2.05, 4.69) is 59.3 Å². The molecule has 278 valence electrons. The molecule has 8 rings (SSSR count). The van der Waals surface area contributed by atoms with E-state index in [0.717, 1.165) is 54.9 Å². The number of hydrogen-bond acceptors (Lipinski definition) is 15. The van der Waals surface area contributed by atoms with Gasteiger partial charge in [0.05, 0.1) is 11.3 Å². The van der Waals surface area contributed by atoms with Crippen molar-refractivity contribution in [3.63, 3.8) is 0 Å². The van der Waals surface area contributed by atoms with E-state index in [9.17, 15) is 14.4 Å². The quantitative estimate of drug-likeness (QED) is 0.190. The maximum absolute atomic E-state index is 11.1. The number of ether oxygens (including phenoxy) is 2. The van der Waals surface area contributed by atoms with Crippen molar-refractivity contribution in [1.82, 2.24) is 48.9 Å². The van der Waals surface area contributed by atoms with Crippen molar-refractivity contribution in [3.05, 3.63) is 76.7 Å². The highest BCUT2D eigenvalue weighted by molar-refractivity contribution is 7.15. The summed E-state index contributed by atoms with van der Waals surface area (Å²) in [5, 5.41) is 7.42. The number of anilines is 1. The number of aromatic nitrogens is 8. The average molecular weight is 760 g/mol. The van der Waals surface area contributed by atoms with E-state index in [4.69, 9.17) is 9.47 Å². The number of carbonyl (C=O) groups excluding carboxylic acids is 3. The first-order valence-corrected chi connectivity index (χ1v) is 18.7. The van der Waals surface area contributed by atoms with E-state index in [0.29, 0.717) is 45.3 Å². The van der Waals surface area contributed by atoms with E-state index < -0.39 is 0 Å². The Kier molecular flexibility index (Phi) is 12.5. The maximum Gasteiger partial charge on any atom is 0.223 e. The lowest BCUT2D eigenvalue weighted by Gasteiger charge is -2.19. The molecule has 0 aromatic carbocycles. The molecule has 16 nitrogen and oxygen atoms in total. The molecule has 6 aromatic heterocycles. The first-order chi connectivity index (χ1) is 25.6. The minimum Gasteiger partial charge on any atom is -0.473 e. The molecule has 2 aliphatic rings. The summed E-state index contributed by atoms with van der Waals surface area (Å²) in [4.78, 5) is 61.1. The highest BCUT2D eigenvalue weighted by Gasteiger charge is 2.31. The SMILES string of the molecule is CC(=O)Cc1ncc(C=O)s1.CC(=O)Nc1ncc(CN2C[C@H](Oc3cc4nccn4cn3)C[C@@H]2C)s1.C[C@H]1C[C@@H](Oc2cc3nccn3cn2)CN1.